The first-order chi connectivity index (χ1) is 12.4. The normalized spacial score (nSPS) is 13.4. The molecule has 7 nitrogen and oxygen atoms in total. The van der Waals surface area contributed by atoms with E-state index in [1.54, 1.807) is 31.1 Å². The number of nitrogens with one attached hydrogen (secondary N) is 2. The molecule has 1 unspecified atom stereocenters. The fraction of sp³-hybridized carbons (Fsp3) is 0.474. The molecule has 0 spiro atoms. The molecule has 1 aromatic carbocycles. The smallest absolute Gasteiger partial charge is 0.191 e. The van der Waals surface area contributed by atoms with Crippen molar-refractivity contribution in [3.05, 3.63) is 47.8 Å². The molecule has 8 heteroatoms. The Labute approximate surface area is 178 Å². The number of aliphatic imine (C=N–C) groups is 1. The van der Waals surface area contributed by atoms with Crippen LogP contribution in [0.4, 0.5) is 0 Å². The number of hydrogen-bond donors (Lipinski definition) is 3. The maximum absolute atomic E-state index is 10.6. The van der Waals surface area contributed by atoms with E-state index < -0.39 is 5.60 Å². The zero-order valence-corrected chi connectivity index (χ0v) is 18.7. The van der Waals surface area contributed by atoms with E-state index in [9.17, 15) is 5.11 Å². The number of ether oxygens (including phenoxy) is 1. The zero-order chi connectivity index (χ0) is 19.0. The lowest BCUT2D eigenvalue weighted by Crippen LogP contribution is -2.39. The molecule has 0 saturated carbocycles. The van der Waals surface area contributed by atoms with Crippen molar-refractivity contribution >= 4 is 29.9 Å². The van der Waals surface area contributed by atoms with Gasteiger partial charge in [0.25, 0.3) is 0 Å². The van der Waals surface area contributed by atoms with Gasteiger partial charge < -0.3 is 20.5 Å². The quantitative estimate of drug-likeness (QED) is 0.302. The van der Waals surface area contributed by atoms with Crippen molar-refractivity contribution in [3.63, 3.8) is 0 Å². The summed E-state index contributed by atoms with van der Waals surface area (Å²) in [6, 6.07) is 8.02. The number of benzene rings is 1. The van der Waals surface area contributed by atoms with Crippen LogP contribution in [-0.2, 0) is 19.1 Å². The summed E-state index contributed by atoms with van der Waals surface area (Å²) in [6.45, 7) is 5.48. The SMILES string of the molecule is CCNC(=NCC(C)(O)c1cnn(C)c1)NCCc1cccc(OC)c1.I. The highest BCUT2D eigenvalue weighted by atomic mass is 127. The average molecular weight is 487 g/mol. The lowest BCUT2D eigenvalue weighted by atomic mass is 10.0. The fourth-order valence-corrected chi connectivity index (χ4v) is 2.52. The summed E-state index contributed by atoms with van der Waals surface area (Å²) in [7, 11) is 3.49. The minimum atomic E-state index is -1.07. The van der Waals surface area contributed by atoms with Gasteiger partial charge in [-0.2, -0.15) is 5.10 Å². The van der Waals surface area contributed by atoms with Gasteiger partial charge >= 0.3 is 0 Å². The average Bonchev–Trinajstić information content (AvgIpc) is 3.07. The molecule has 150 valence electrons. The second kappa shape index (κ2) is 11.1. The number of guanidine groups is 1. The maximum atomic E-state index is 10.6. The molecule has 0 radical (unpaired) electrons. The van der Waals surface area contributed by atoms with Crippen molar-refractivity contribution in [2.75, 3.05) is 26.7 Å². The van der Waals surface area contributed by atoms with Crippen LogP contribution in [0.2, 0.25) is 0 Å². The number of hydrogen-bond acceptors (Lipinski definition) is 4. The number of nitrogens with zero attached hydrogens (tertiary/aromatic N) is 3. The molecule has 0 aliphatic carbocycles. The number of rotatable bonds is 8. The van der Waals surface area contributed by atoms with Crippen LogP contribution in [0.15, 0.2) is 41.7 Å². The third-order valence-electron chi connectivity index (χ3n) is 4.06. The minimum absolute atomic E-state index is 0. The summed E-state index contributed by atoms with van der Waals surface area (Å²) in [5.74, 6) is 1.54. The van der Waals surface area contributed by atoms with Crippen LogP contribution in [0, 0.1) is 0 Å². The molecule has 27 heavy (non-hydrogen) atoms. The van der Waals surface area contributed by atoms with Crippen LogP contribution in [0.3, 0.4) is 0 Å². The zero-order valence-electron chi connectivity index (χ0n) is 16.4. The summed E-state index contributed by atoms with van der Waals surface area (Å²) < 4.78 is 6.92. The number of aliphatic hydroxyl groups is 1. The molecule has 2 rings (SSSR count). The van der Waals surface area contributed by atoms with E-state index in [0.717, 1.165) is 30.8 Å². The predicted molar refractivity (Wildman–Crippen MR) is 119 cm³/mol. The van der Waals surface area contributed by atoms with E-state index in [4.69, 9.17) is 4.74 Å². The highest BCUT2D eigenvalue weighted by Gasteiger charge is 2.24. The van der Waals surface area contributed by atoms with Crippen LogP contribution < -0.4 is 15.4 Å². The van der Waals surface area contributed by atoms with Gasteiger partial charge in [-0.1, -0.05) is 12.1 Å². The van der Waals surface area contributed by atoms with Gasteiger partial charge in [0, 0.05) is 31.9 Å². The molecule has 0 amide bonds. The summed E-state index contributed by atoms with van der Waals surface area (Å²) >= 11 is 0. The maximum Gasteiger partial charge on any atom is 0.191 e. The van der Waals surface area contributed by atoms with E-state index >= 15 is 0 Å². The molecular weight excluding hydrogens is 457 g/mol. The molecule has 0 bridgehead atoms. The second-order valence-electron chi connectivity index (χ2n) is 6.40. The number of aryl methyl sites for hydroxylation is 1. The molecule has 0 saturated heterocycles. The van der Waals surface area contributed by atoms with Gasteiger partial charge in [-0.15, -0.1) is 24.0 Å². The van der Waals surface area contributed by atoms with E-state index in [0.29, 0.717) is 5.96 Å². The molecule has 0 aliphatic rings. The first-order valence-corrected chi connectivity index (χ1v) is 8.81. The Kier molecular flexibility index (Phi) is 9.57. The summed E-state index contributed by atoms with van der Waals surface area (Å²) in [5.41, 5.74) is 0.870. The number of halogens is 1. The van der Waals surface area contributed by atoms with Gasteiger partial charge in [0.05, 0.1) is 19.9 Å². The molecular formula is C19H30IN5O2. The first kappa shape index (κ1) is 23.2. The van der Waals surface area contributed by atoms with Crippen LogP contribution in [0.5, 0.6) is 5.75 Å². The predicted octanol–water partition coefficient (Wildman–Crippen LogP) is 2.05. The van der Waals surface area contributed by atoms with E-state index in [-0.39, 0.29) is 30.5 Å². The Morgan fingerprint density at radius 2 is 2.15 bits per heavy atom. The minimum Gasteiger partial charge on any atom is -0.497 e. The lowest BCUT2D eigenvalue weighted by molar-refractivity contribution is 0.0672. The van der Waals surface area contributed by atoms with Gasteiger partial charge in [-0.3, -0.25) is 4.68 Å². The first-order valence-electron chi connectivity index (χ1n) is 8.81. The molecule has 0 fully saturated rings. The highest BCUT2D eigenvalue weighted by molar-refractivity contribution is 14.0. The van der Waals surface area contributed by atoms with Gasteiger partial charge in [0.2, 0.25) is 0 Å². The Morgan fingerprint density at radius 3 is 2.78 bits per heavy atom. The standard InChI is InChI=1S/C19H29N5O2.HI/c1-5-20-18(21-10-9-15-7-6-8-17(11-15)26-4)22-14-19(2,25)16-12-23-24(3)13-16;/h6-8,11-13,25H,5,9-10,14H2,1-4H3,(H2,20,21,22);1H. The topological polar surface area (TPSA) is 83.7 Å². The Morgan fingerprint density at radius 1 is 1.37 bits per heavy atom. The van der Waals surface area contributed by atoms with Crippen LogP contribution in [0.1, 0.15) is 25.0 Å². The fourth-order valence-electron chi connectivity index (χ4n) is 2.52. The Hall–Kier alpha value is -1.81. The van der Waals surface area contributed by atoms with Gasteiger partial charge in [0.1, 0.15) is 11.4 Å². The van der Waals surface area contributed by atoms with E-state index in [2.05, 4.69) is 26.8 Å². The second-order valence-corrected chi connectivity index (χ2v) is 6.40. The molecule has 2 aromatic rings. The van der Waals surface area contributed by atoms with Gasteiger partial charge in [-0.25, -0.2) is 4.99 Å². The van der Waals surface area contributed by atoms with Gasteiger partial charge in [-0.05, 0) is 38.0 Å². The monoisotopic (exact) mass is 487 g/mol. The third kappa shape index (κ3) is 7.37. The van der Waals surface area contributed by atoms with Crippen molar-refractivity contribution in [1.29, 1.82) is 0 Å². The van der Waals surface area contributed by atoms with E-state index in [1.165, 1.54) is 5.56 Å². The van der Waals surface area contributed by atoms with Crippen molar-refractivity contribution in [1.82, 2.24) is 20.4 Å². The summed E-state index contributed by atoms with van der Waals surface area (Å²) in [6.07, 6.45) is 4.32. The van der Waals surface area contributed by atoms with Crippen molar-refractivity contribution < 1.29 is 9.84 Å². The Bertz CT molecular complexity index is 730. The summed E-state index contributed by atoms with van der Waals surface area (Å²) in [5, 5.41) is 21.3. The number of aromatic nitrogens is 2. The van der Waals surface area contributed by atoms with Crippen LogP contribution in [-0.4, -0.2) is 47.6 Å². The molecule has 0 aliphatic heterocycles. The van der Waals surface area contributed by atoms with E-state index in [1.807, 2.05) is 32.2 Å². The summed E-state index contributed by atoms with van der Waals surface area (Å²) in [4.78, 5) is 4.52. The molecule has 1 aromatic heterocycles. The van der Waals surface area contributed by atoms with Crippen molar-refractivity contribution in [2.24, 2.45) is 12.0 Å². The Balaban J connectivity index is 0.00000364. The molecule has 1 atom stereocenters. The number of methoxy groups -OCH3 is 1. The van der Waals surface area contributed by atoms with Crippen molar-refractivity contribution in [3.8, 4) is 5.75 Å². The molecule has 3 N–H and O–H groups in total. The highest BCUT2D eigenvalue weighted by Crippen LogP contribution is 2.19. The van der Waals surface area contributed by atoms with Crippen molar-refractivity contribution in [2.45, 2.75) is 25.9 Å². The lowest BCUT2D eigenvalue weighted by Gasteiger charge is -2.20. The van der Waals surface area contributed by atoms with Crippen LogP contribution >= 0.6 is 24.0 Å². The largest absolute Gasteiger partial charge is 0.497 e. The van der Waals surface area contributed by atoms with Gasteiger partial charge in [0.15, 0.2) is 5.96 Å². The third-order valence-corrected chi connectivity index (χ3v) is 4.06. The van der Waals surface area contributed by atoms with Crippen LogP contribution in [0.25, 0.3) is 0 Å². The molecule has 1 heterocycles.